The van der Waals surface area contributed by atoms with E-state index in [4.69, 9.17) is 14.2 Å². The fourth-order valence-electron chi connectivity index (χ4n) is 2.45. The van der Waals surface area contributed by atoms with Crippen LogP contribution in [0, 0.1) is 0 Å². The number of rotatable bonds is 7. The van der Waals surface area contributed by atoms with Gasteiger partial charge in [0.25, 0.3) is 0 Å². The number of benzene rings is 1. The van der Waals surface area contributed by atoms with E-state index in [1.165, 1.54) is 0 Å². The lowest BCUT2D eigenvalue weighted by Gasteiger charge is -2.19. The molecule has 1 fully saturated rings. The van der Waals surface area contributed by atoms with Crippen molar-refractivity contribution in [1.82, 2.24) is 10.6 Å². The van der Waals surface area contributed by atoms with Gasteiger partial charge in [0, 0.05) is 20.2 Å². The highest BCUT2D eigenvalue weighted by atomic mass is 16.5. The summed E-state index contributed by atoms with van der Waals surface area (Å²) >= 11 is 0. The molecular formula is C17H27N3O3. The lowest BCUT2D eigenvalue weighted by Crippen LogP contribution is -2.44. The lowest BCUT2D eigenvalue weighted by molar-refractivity contribution is 0.113. The molecule has 0 aliphatic carbocycles. The van der Waals surface area contributed by atoms with E-state index in [2.05, 4.69) is 15.6 Å². The number of nitrogens with zero attached hydrogens (tertiary/aromatic N) is 1. The average molecular weight is 321 g/mol. The first-order valence-electron chi connectivity index (χ1n) is 8.08. The molecule has 23 heavy (non-hydrogen) atoms. The van der Waals surface area contributed by atoms with Crippen LogP contribution < -0.4 is 20.1 Å². The van der Waals surface area contributed by atoms with Crippen molar-refractivity contribution in [2.75, 3.05) is 33.9 Å². The van der Waals surface area contributed by atoms with Crippen LogP contribution in [0.5, 0.6) is 11.5 Å². The van der Waals surface area contributed by atoms with E-state index in [1.54, 1.807) is 14.2 Å². The molecule has 1 saturated heterocycles. The molecule has 6 heteroatoms. The summed E-state index contributed by atoms with van der Waals surface area (Å²) in [5, 5.41) is 6.56. The Bertz CT molecular complexity index is 502. The molecule has 1 aromatic carbocycles. The van der Waals surface area contributed by atoms with Crippen molar-refractivity contribution in [3.8, 4) is 11.5 Å². The molecule has 2 unspecified atom stereocenters. The number of hydrogen-bond donors (Lipinski definition) is 2. The van der Waals surface area contributed by atoms with E-state index in [1.807, 2.05) is 31.2 Å². The second-order valence-electron chi connectivity index (χ2n) is 5.55. The normalized spacial score (nSPS) is 19.3. The van der Waals surface area contributed by atoms with Crippen LogP contribution in [0.3, 0.4) is 0 Å². The lowest BCUT2D eigenvalue weighted by atomic mass is 10.2. The Kier molecular flexibility index (Phi) is 7.00. The Hall–Kier alpha value is -1.95. The molecule has 0 radical (unpaired) electrons. The van der Waals surface area contributed by atoms with E-state index < -0.39 is 0 Å². The van der Waals surface area contributed by atoms with E-state index >= 15 is 0 Å². The van der Waals surface area contributed by atoms with Crippen molar-refractivity contribution in [2.24, 2.45) is 4.99 Å². The minimum Gasteiger partial charge on any atom is -0.493 e. The zero-order valence-electron chi connectivity index (χ0n) is 14.2. The molecule has 0 spiro atoms. The Morgan fingerprint density at radius 1 is 1.35 bits per heavy atom. The van der Waals surface area contributed by atoms with Gasteiger partial charge in [0.2, 0.25) is 0 Å². The van der Waals surface area contributed by atoms with Crippen molar-refractivity contribution in [2.45, 2.75) is 32.0 Å². The van der Waals surface area contributed by atoms with Crippen molar-refractivity contribution >= 4 is 5.96 Å². The molecule has 1 aromatic rings. The quantitative estimate of drug-likeness (QED) is 0.592. The van der Waals surface area contributed by atoms with Gasteiger partial charge < -0.3 is 24.8 Å². The molecular weight excluding hydrogens is 294 g/mol. The third kappa shape index (κ3) is 5.63. The summed E-state index contributed by atoms with van der Waals surface area (Å²) in [6, 6.07) is 7.64. The molecule has 1 aliphatic rings. The highest BCUT2D eigenvalue weighted by Crippen LogP contribution is 2.26. The molecule has 0 saturated carbocycles. The number of ether oxygens (including phenoxy) is 3. The van der Waals surface area contributed by atoms with Crippen molar-refractivity contribution in [1.29, 1.82) is 0 Å². The van der Waals surface area contributed by atoms with Crippen LogP contribution in [0.1, 0.15) is 19.8 Å². The summed E-state index contributed by atoms with van der Waals surface area (Å²) in [4.78, 5) is 4.22. The molecule has 0 aromatic heterocycles. The first-order valence-corrected chi connectivity index (χ1v) is 8.08. The molecule has 2 rings (SSSR count). The van der Waals surface area contributed by atoms with Crippen LogP contribution in [0.2, 0.25) is 0 Å². The van der Waals surface area contributed by atoms with Gasteiger partial charge in [0.05, 0.1) is 19.8 Å². The molecule has 1 heterocycles. The second-order valence-corrected chi connectivity index (χ2v) is 5.55. The Balaban J connectivity index is 1.74. The van der Waals surface area contributed by atoms with Crippen LogP contribution >= 0.6 is 0 Å². The van der Waals surface area contributed by atoms with E-state index in [0.29, 0.717) is 6.54 Å². The van der Waals surface area contributed by atoms with Crippen LogP contribution in [-0.4, -0.2) is 52.0 Å². The first-order chi connectivity index (χ1) is 11.2. The minimum absolute atomic E-state index is 0.0208. The van der Waals surface area contributed by atoms with Gasteiger partial charge in [0.15, 0.2) is 17.5 Å². The minimum atomic E-state index is -0.0208. The second kappa shape index (κ2) is 9.25. The SMILES string of the molecule is CN=C(NCC(C)Oc1ccccc1OC)NCC1CCCO1. The maximum atomic E-state index is 5.91. The van der Waals surface area contributed by atoms with Gasteiger partial charge in [-0.2, -0.15) is 0 Å². The van der Waals surface area contributed by atoms with Crippen molar-refractivity contribution in [3.05, 3.63) is 24.3 Å². The van der Waals surface area contributed by atoms with Gasteiger partial charge in [-0.25, -0.2) is 0 Å². The number of methoxy groups -OCH3 is 1. The highest BCUT2D eigenvalue weighted by molar-refractivity contribution is 5.79. The van der Waals surface area contributed by atoms with E-state index in [-0.39, 0.29) is 12.2 Å². The summed E-state index contributed by atoms with van der Waals surface area (Å²) in [5.41, 5.74) is 0. The number of aliphatic imine (C=N–C) groups is 1. The fraction of sp³-hybridized carbons (Fsp3) is 0.588. The molecule has 1 aliphatic heterocycles. The van der Waals surface area contributed by atoms with Gasteiger partial charge in [0.1, 0.15) is 6.10 Å². The maximum Gasteiger partial charge on any atom is 0.191 e. The van der Waals surface area contributed by atoms with Crippen LogP contribution in [-0.2, 0) is 4.74 Å². The molecule has 128 valence electrons. The number of nitrogens with one attached hydrogen (secondary N) is 2. The first kappa shape index (κ1) is 17.4. The third-order valence-corrected chi connectivity index (χ3v) is 3.70. The van der Waals surface area contributed by atoms with Gasteiger partial charge in [-0.15, -0.1) is 0 Å². The third-order valence-electron chi connectivity index (χ3n) is 3.70. The predicted octanol–water partition coefficient (Wildman–Crippen LogP) is 1.81. The summed E-state index contributed by atoms with van der Waals surface area (Å²) in [6.45, 7) is 4.29. The number of guanidine groups is 1. The molecule has 0 amide bonds. The van der Waals surface area contributed by atoms with Crippen LogP contribution in [0.25, 0.3) is 0 Å². The van der Waals surface area contributed by atoms with Gasteiger partial charge in [-0.05, 0) is 31.9 Å². The Morgan fingerprint density at radius 3 is 2.78 bits per heavy atom. The predicted molar refractivity (Wildman–Crippen MR) is 91.4 cm³/mol. The van der Waals surface area contributed by atoms with Gasteiger partial charge in [-0.1, -0.05) is 12.1 Å². The Labute approximate surface area is 138 Å². The zero-order chi connectivity index (χ0) is 16.5. The molecule has 2 N–H and O–H groups in total. The highest BCUT2D eigenvalue weighted by Gasteiger charge is 2.16. The maximum absolute atomic E-state index is 5.91. The molecule has 0 bridgehead atoms. The largest absolute Gasteiger partial charge is 0.493 e. The smallest absolute Gasteiger partial charge is 0.191 e. The van der Waals surface area contributed by atoms with Crippen LogP contribution in [0.15, 0.2) is 29.3 Å². The topological polar surface area (TPSA) is 64.1 Å². The van der Waals surface area contributed by atoms with Gasteiger partial charge in [-0.3, -0.25) is 4.99 Å². The van der Waals surface area contributed by atoms with Gasteiger partial charge >= 0.3 is 0 Å². The van der Waals surface area contributed by atoms with Crippen molar-refractivity contribution < 1.29 is 14.2 Å². The summed E-state index contributed by atoms with van der Waals surface area (Å²) in [5.74, 6) is 2.24. The van der Waals surface area contributed by atoms with Crippen LogP contribution in [0.4, 0.5) is 0 Å². The Morgan fingerprint density at radius 2 is 2.13 bits per heavy atom. The number of para-hydroxylation sites is 2. The average Bonchev–Trinajstić information content (AvgIpc) is 3.09. The standard InChI is InChI=1S/C17H27N3O3/c1-13(23-16-9-5-4-8-15(16)21-3)11-19-17(18-2)20-12-14-7-6-10-22-14/h4-5,8-9,13-14H,6-7,10-12H2,1-3H3,(H2,18,19,20). The summed E-state index contributed by atoms with van der Waals surface area (Å²) in [7, 11) is 3.40. The van der Waals surface area contributed by atoms with E-state index in [9.17, 15) is 0 Å². The van der Waals surface area contributed by atoms with Crippen molar-refractivity contribution in [3.63, 3.8) is 0 Å². The summed E-state index contributed by atoms with van der Waals surface area (Å²) < 4.78 is 16.8. The van der Waals surface area contributed by atoms with E-state index in [0.717, 1.165) is 43.5 Å². The monoisotopic (exact) mass is 321 g/mol. The summed E-state index contributed by atoms with van der Waals surface area (Å²) in [6.07, 6.45) is 2.52. The molecule has 2 atom stereocenters. The molecule has 6 nitrogen and oxygen atoms in total. The zero-order valence-corrected chi connectivity index (χ0v) is 14.2. The number of hydrogen-bond acceptors (Lipinski definition) is 4. The fourth-order valence-corrected chi connectivity index (χ4v) is 2.45.